The molecule has 5 rings (SSSR count). The van der Waals surface area contributed by atoms with Gasteiger partial charge in [0.2, 0.25) is 0 Å². The lowest BCUT2D eigenvalue weighted by Gasteiger charge is -2.10. The van der Waals surface area contributed by atoms with Gasteiger partial charge in [-0.15, -0.1) is 11.3 Å². The third-order valence-corrected chi connectivity index (χ3v) is 5.88. The molecule has 0 radical (unpaired) electrons. The Labute approximate surface area is 171 Å². The van der Waals surface area contributed by atoms with Gasteiger partial charge < -0.3 is 9.73 Å². The van der Waals surface area contributed by atoms with E-state index in [1.165, 1.54) is 16.9 Å². The molecular weight excluding hydrogens is 378 g/mol. The predicted molar refractivity (Wildman–Crippen MR) is 122 cm³/mol. The van der Waals surface area contributed by atoms with Crippen molar-refractivity contribution in [1.82, 2.24) is 0 Å². The first-order valence-corrected chi connectivity index (χ1v) is 10.1. The van der Waals surface area contributed by atoms with Gasteiger partial charge in [-0.1, -0.05) is 79.4 Å². The number of anilines is 1. The van der Waals surface area contributed by atoms with Gasteiger partial charge in [-0.3, -0.25) is 0 Å². The molecule has 0 amide bonds. The molecule has 1 N–H and O–H groups in total. The van der Waals surface area contributed by atoms with Gasteiger partial charge in [-0.05, 0) is 22.8 Å². The number of hydrogen-bond donors (Lipinski definition) is 1. The summed E-state index contributed by atoms with van der Waals surface area (Å²) in [6.45, 7) is 4.16. The highest BCUT2D eigenvalue weighted by Gasteiger charge is 2.14. The summed E-state index contributed by atoms with van der Waals surface area (Å²) in [5.41, 5.74) is 4.29. The van der Waals surface area contributed by atoms with Crippen molar-refractivity contribution in [2.75, 3.05) is 5.32 Å². The summed E-state index contributed by atoms with van der Waals surface area (Å²) in [5, 5.41) is 8.45. The Morgan fingerprint density at radius 1 is 0.828 bits per heavy atom. The van der Waals surface area contributed by atoms with Crippen molar-refractivity contribution in [2.45, 2.75) is 0 Å². The molecule has 3 aromatic carbocycles. The Hall–Kier alpha value is -3.63. The van der Waals surface area contributed by atoms with Crippen molar-refractivity contribution in [2.24, 2.45) is 0 Å². The average Bonchev–Trinajstić information content (AvgIpc) is 3.19. The molecular formula is C25H17NO2S. The number of hydrogen-bond acceptors (Lipinski definition) is 4. The molecule has 3 nitrogen and oxygen atoms in total. The van der Waals surface area contributed by atoms with Crippen LogP contribution >= 0.6 is 11.3 Å². The standard InChI is InChI=1S/C25H17NO2S/c1-16(17-11-13-19(14-12-17)18-7-3-2-4-8-18)26-24-23-21(15-29-24)20-9-5-6-10-22(20)28-25(23)27/h2-15,26H,1H2. The van der Waals surface area contributed by atoms with Crippen LogP contribution in [0.25, 0.3) is 38.6 Å². The van der Waals surface area contributed by atoms with Crippen LogP contribution in [0.15, 0.2) is 100 Å². The zero-order chi connectivity index (χ0) is 19.8. The molecule has 0 saturated heterocycles. The molecule has 140 valence electrons. The molecule has 5 aromatic rings. The largest absolute Gasteiger partial charge is 0.422 e. The van der Waals surface area contributed by atoms with Crippen LogP contribution in [-0.2, 0) is 0 Å². The molecule has 2 aromatic heterocycles. The molecule has 0 aliphatic rings. The molecule has 0 spiro atoms. The zero-order valence-corrected chi connectivity index (χ0v) is 16.3. The molecule has 4 heteroatoms. The van der Waals surface area contributed by atoms with Crippen LogP contribution in [0.3, 0.4) is 0 Å². The molecule has 29 heavy (non-hydrogen) atoms. The highest BCUT2D eigenvalue weighted by molar-refractivity contribution is 7.16. The van der Waals surface area contributed by atoms with Gasteiger partial charge in [0.25, 0.3) is 0 Å². The molecule has 0 atom stereocenters. The number of benzene rings is 3. The van der Waals surface area contributed by atoms with Gasteiger partial charge in [0.1, 0.15) is 16.0 Å². The Balaban J connectivity index is 1.47. The summed E-state index contributed by atoms with van der Waals surface area (Å²) in [6, 6.07) is 26.0. The second-order valence-corrected chi connectivity index (χ2v) is 7.67. The van der Waals surface area contributed by atoms with Gasteiger partial charge in [0, 0.05) is 21.8 Å². The van der Waals surface area contributed by atoms with Crippen LogP contribution in [0.5, 0.6) is 0 Å². The van der Waals surface area contributed by atoms with Gasteiger partial charge in [-0.25, -0.2) is 4.79 Å². The normalized spacial score (nSPS) is 11.0. The van der Waals surface area contributed by atoms with E-state index in [9.17, 15) is 4.79 Å². The van der Waals surface area contributed by atoms with Gasteiger partial charge in [-0.2, -0.15) is 0 Å². The number of rotatable bonds is 4. The second-order valence-electron chi connectivity index (χ2n) is 6.79. The van der Waals surface area contributed by atoms with Crippen molar-refractivity contribution in [1.29, 1.82) is 0 Å². The minimum absolute atomic E-state index is 0.338. The Morgan fingerprint density at radius 2 is 1.52 bits per heavy atom. The first-order chi connectivity index (χ1) is 14.2. The summed E-state index contributed by atoms with van der Waals surface area (Å²) < 4.78 is 5.51. The van der Waals surface area contributed by atoms with Crippen LogP contribution in [0.4, 0.5) is 5.00 Å². The number of fused-ring (bicyclic) bond motifs is 3. The van der Waals surface area contributed by atoms with Crippen molar-refractivity contribution in [3.05, 3.63) is 107 Å². The fraction of sp³-hybridized carbons (Fsp3) is 0. The quantitative estimate of drug-likeness (QED) is 0.342. The van der Waals surface area contributed by atoms with Crippen LogP contribution in [0.1, 0.15) is 5.56 Å². The van der Waals surface area contributed by atoms with Gasteiger partial charge in [0.15, 0.2) is 0 Å². The second kappa shape index (κ2) is 7.08. The monoisotopic (exact) mass is 395 g/mol. The lowest BCUT2D eigenvalue weighted by atomic mass is 10.0. The molecule has 0 aliphatic heterocycles. The third kappa shape index (κ3) is 3.13. The Morgan fingerprint density at radius 3 is 2.31 bits per heavy atom. The van der Waals surface area contributed by atoms with Gasteiger partial charge in [0.05, 0.1) is 0 Å². The SMILES string of the molecule is C=C(Nc1scc2c1c(=O)oc1ccccc12)c1ccc(-c2ccccc2)cc1. The maximum Gasteiger partial charge on any atom is 0.347 e. The molecule has 0 fully saturated rings. The average molecular weight is 395 g/mol. The highest BCUT2D eigenvalue weighted by atomic mass is 32.1. The van der Waals surface area contributed by atoms with E-state index < -0.39 is 0 Å². The van der Waals surface area contributed by atoms with Crippen LogP contribution in [-0.4, -0.2) is 0 Å². The molecule has 0 unspecified atom stereocenters. The van der Waals surface area contributed by atoms with E-state index in [0.29, 0.717) is 11.0 Å². The minimum atomic E-state index is -0.338. The summed E-state index contributed by atoms with van der Waals surface area (Å²) in [6.07, 6.45) is 0. The summed E-state index contributed by atoms with van der Waals surface area (Å²) >= 11 is 1.48. The molecule has 0 aliphatic carbocycles. The fourth-order valence-corrected chi connectivity index (χ4v) is 4.46. The highest BCUT2D eigenvalue weighted by Crippen LogP contribution is 2.35. The van der Waals surface area contributed by atoms with Crippen molar-refractivity contribution in [3.63, 3.8) is 0 Å². The Kier molecular flexibility index (Phi) is 4.26. The van der Waals surface area contributed by atoms with Crippen LogP contribution in [0, 0.1) is 0 Å². The van der Waals surface area contributed by atoms with E-state index in [1.807, 2.05) is 60.0 Å². The zero-order valence-electron chi connectivity index (χ0n) is 15.5. The molecule has 0 bridgehead atoms. The third-order valence-electron chi connectivity index (χ3n) is 4.98. The van der Waals surface area contributed by atoms with E-state index in [2.05, 4.69) is 36.2 Å². The van der Waals surface area contributed by atoms with E-state index >= 15 is 0 Å². The van der Waals surface area contributed by atoms with Crippen molar-refractivity contribution >= 4 is 43.8 Å². The lowest BCUT2D eigenvalue weighted by Crippen LogP contribution is -2.02. The maximum atomic E-state index is 12.6. The topological polar surface area (TPSA) is 42.2 Å². The first kappa shape index (κ1) is 17.5. The number of nitrogens with one attached hydrogen (secondary N) is 1. The fourth-order valence-electron chi connectivity index (χ4n) is 3.48. The van der Waals surface area contributed by atoms with E-state index in [0.717, 1.165) is 32.6 Å². The maximum absolute atomic E-state index is 12.6. The summed E-state index contributed by atoms with van der Waals surface area (Å²) in [7, 11) is 0. The van der Waals surface area contributed by atoms with Gasteiger partial charge >= 0.3 is 5.63 Å². The van der Waals surface area contributed by atoms with Crippen molar-refractivity contribution < 1.29 is 4.42 Å². The smallest absolute Gasteiger partial charge is 0.347 e. The summed E-state index contributed by atoms with van der Waals surface area (Å²) in [4.78, 5) is 12.6. The van der Waals surface area contributed by atoms with Crippen LogP contribution < -0.4 is 10.9 Å². The molecule has 0 saturated carbocycles. The summed E-state index contributed by atoms with van der Waals surface area (Å²) in [5.74, 6) is 0. The number of para-hydroxylation sites is 1. The van der Waals surface area contributed by atoms with E-state index in [1.54, 1.807) is 0 Å². The molecule has 2 heterocycles. The number of thiophene rings is 1. The Bertz CT molecular complexity index is 1400. The van der Waals surface area contributed by atoms with Crippen molar-refractivity contribution in [3.8, 4) is 11.1 Å². The van der Waals surface area contributed by atoms with E-state index in [4.69, 9.17) is 4.42 Å². The lowest BCUT2D eigenvalue weighted by molar-refractivity contribution is 0.570. The van der Waals surface area contributed by atoms with E-state index in [-0.39, 0.29) is 5.63 Å². The predicted octanol–water partition coefficient (Wildman–Crippen LogP) is 6.76. The first-order valence-electron chi connectivity index (χ1n) is 9.25. The minimum Gasteiger partial charge on any atom is -0.422 e. The van der Waals surface area contributed by atoms with Crippen LogP contribution in [0.2, 0.25) is 0 Å².